The highest BCUT2D eigenvalue weighted by Gasteiger charge is 2.25. The van der Waals surface area contributed by atoms with Crippen molar-refractivity contribution in [3.63, 3.8) is 0 Å². The Balaban J connectivity index is 1.84. The third-order valence-electron chi connectivity index (χ3n) is 4.39. The van der Waals surface area contributed by atoms with Gasteiger partial charge in [-0.1, -0.05) is 6.07 Å². The van der Waals surface area contributed by atoms with E-state index in [-0.39, 0.29) is 29.6 Å². The van der Waals surface area contributed by atoms with Crippen molar-refractivity contribution >= 4 is 5.91 Å². The average Bonchev–Trinajstić information content (AvgIpc) is 2.54. The molecule has 0 aliphatic carbocycles. The lowest BCUT2D eigenvalue weighted by molar-refractivity contribution is -0.127. The fraction of sp³-hybridized carbons (Fsp3) is 0.611. The third kappa shape index (κ3) is 4.92. The molecule has 1 saturated heterocycles. The lowest BCUT2D eigenvalue weighted by Gasteiger charge is -2.37. The van der Waals surface area contributed by atoms with Gasteiger partial charge in [-0.3, -0.25) is 14.6 Å². The van der Waals surface area contributed by atoms with Gasteiger partial charge in [0.1, 0.15) is 0 Å². The van der Waals surface area contributed by atoms with Crippen LogP contribution in [0.15, 0.2) is 18.2 Å². The van der Waals surface area contributed by atoms with Gasteiger partial charge in [0.2, 0.25) is 5.91 Å². The third-order valence-corrected chi connectivity index (χ3v) is 4.39. The molecule has 1 atom stereocenters. The number of ether oxygens (including phenoxy) is 1. The largest absolute Gasteiger partial charge is 0.494 e. The molecular formula is C18H28FN3O2. The fourth-order valence-corrected chi connectivity index (χ4v) is 2.95. The maximum absolute atomic E-state index is 13.8. The molecule has 1 aromatic rings. The molecule has 6 heteroatoms. The van der Waals surface area contributed by atoms with E-state index in [0.29, 0.717) is 6.54 Å². The Bertz CT molecular complexity index is 557. The number of benzene rings is 1. The first-order chi connectivity index (χ1) is 11.4. The lowest BCUT2D eigenvalue weighted by atomic mass is 10.1. The molecule has 0 bridgehead atoms. The quantitative estimate of drug-likeness (QED) is 0.861. The summed E-state index contributed by atoms with van der Waals surface area (Å²) in [6.45, 7) is 10.0. The standard InChI is InChI=1S/C18H28FN3O2/c1-13(2)20-18(23)14(3)22-9-7-21(8-10-22)12-15-5-6-17(24-4)16(19)11-15/h5-6,11,13-14H,7-10,12H2,1-4H3,(H,20,23)/t14-/m0/s1. The first kappa shape index (κ1) is 18.7. The number of hydrogen-bond donors (Lipinski definition) is 1. The van der Waals surface area contributed by atoms with Gasteiger partial charge in [0.15, 0.2) is 11.6 Å². The summed E-state index contributed by atoms with van der Waals surface area (Å²) in [6, 6.07) is 5.13. The van der Waals surface area contributed by atoms with Gasteiger partial charge in [0, 0.05) is 38.8 Å². The summed E-state index contributed by atoms with van der Waals surface area (Å²) in [5, 5.41) is 2.96. The highest BCUT2D eigenvalue weighted by molar-refractivity contribution is 5.81. The van der Waals surface area contributed by atoms with Gasteiger partial charge in [-0.05, 0) is 38.5 Å². The normalized spacial score (nSPS) is 17.8. The molecule has 1 fully saturated rings. The monoisotopic (exact) mass is 337 g/mol. The summed E-state index contributed by atoms with van der Waals surface area (Å²) >= 11 is 0. The molecule has 134 valence electrons. The van der Waals surface area contributed by atoms with E-state index in [1.807, 2.05) is 26.8 Å². The molecule has 5 nitrogen and oxygen atoms in total. The predicted molar refractivity (Wildman–Crippen MR) is 92.5 cm³/mol. The smallest absolute Gasteiger partial charge is 0.237 e. The highest BCUT2D eigenvalue weighted by atomic mass is 19.1. The van der Waals surface area contributed by atoms with Crippen LogP contribution in [0.2, 0.25) is 0 Å². The van der Waals surface area contributed by atoms with Crippen LogP contribution in [-0.2, 0) is 11.3 Å². The molecule has 1 amide bonds. The van der Waals surface area contributed by atoms with E-state index in [2.05, 4.69) is 15.1 Å². The number of halogens is 1. The number of nitrogens with one attached hydrogen (secondary N) is 1. The van der Waals surface area contributed by atoms with Crippen LogP contribution in [0.1, 0.15) is 26.3 Å². The number of carbonyl (C=O) groups is 1. The van der Waals surface area contributed by atoms with E-state index in [1.165, 1.54) is 13.2 Å². The summed E-state index contributed by atoms with van der Waals surface area (Å²) in [6.07, 6.45) is 0. The van der Waals surface area contributed by atoms with Crippen molar-refractivity contribution < 1.29 is 13.9 Å². The molecule has 0 aromatic heterocycles. The van der Waals surface area contributed by atoms with Gasteiger partial charge in [-0.25, -0.2) is 4.39 Å². The van der Waals surface area contributed by atoms with E-state index in [4.69, 9.17) is 4.74 Å². The van der Waals surface area contributed by atoms with E-state index >= 15 is 0 Å². The van der Waals surface area contributed by atoms with Crippen LogP contribution < -0.4 is 10.1 Å². The Kier molecular flexibility index (Phi) is 6.57. The fourth-order valence-electron chi connectivity index (χ4n) is 2.95. The number of methoxy groups -OCH3 is 1. The maximum Gasteiger partial charge on any atom is 0.237 e. The molecule has 24 heavy (non-hydrogen) atoms. The van der Waals surface area contributed by atoms with Crippen molar-refractivity contribution in [1.29, 1.82) is 0 Å². The van der Waals surface area contributed by atoms with Crippen LogP contribution in [0.3, 0.4) is 0 Å². The van der Waals surface area contributed by atoms with E-state index < -0.39 is 0 Å². The molecule has 1 aliphatic rings. The van der Waals surface area contributed by atoms with Crippen LogP contribution in [0.4, 0.5) is 4.39 Å². The Hall–Kier alpha value is -1.66. The number of nitrogens with zero attached hydrogens (tertiary/aromatic N) is 2. The van der Waals surface area contributed by atoms with Gasteiger partial charge < -0.3 is 10.1 Å². The van der Waals surface area contributed by atoms with Gasteiger partial charge in [-0.15, -0.1) is 0 Å². The lowest BCUT2D eigenvalue weighted by Crippen LogP contribution is -2.54. The van der Waals surface area contributed by atoms with Gasteiger partial charge in [0.05, 0.1) is 13.2 Å². The number of amides is 1. The first-order valence-electron chi connectivity index (χ1n) is 8.50. The molecule has 0 radical (unpaired) electrons. The Labute approximate surface area is 143 Å². The zero-order chi connectivity index (χ0) is 17.7. The SMILES string of the molecule is COc1ccc(CN2CCN([C@@H](C)C(=O)NC(C)C)CC2)cc1F. The average molecular weight is 337 g/mol. The number of rotatable bonds is 6. The van der Waals surface area contributed by atoms with Gasteiger partial charge in [-0.2, -0.15) is 0 Å². The van der Waals surface area contributed by atoms with Crippen molar-refractivity contribution in [2.24, 2.45) is 0 Å². The van der Waals surface area contributed by atoms with Crippen LogP contribution >= 0.6 is 0 Å². The highest BCUT2D eigenvalue weighted by Crippen LogP contribution is 2.19. The number of hydrogen-bond acceptors (Lipinski definition) is 4. The Morgan fingerprint density at radius 3 is 2.46 bits per heavy atom. The molecular weight excluding hydrogens is 309 g/mol. The predicted octanol–water partition coefficient (Wildman–Crippen LogP) is 1.86. The van der Waals surface area contributed by atoms with Gasteiger partial charge in [0.25, 0.3) is 0 Å². The summed E-state index contributed by atoms with van der Waals surface area (Å²) in [5.41, 5.74) is 0.937. The summed E-state index contributed by atoms with van der Waals surface area (Å²) in [4.78, 5) is 16.6. The summed E-state index contributed by atoms with van der Waals surface area (Å²) in [5.74, 6) is 0.0249. The molecule has 1 aromatic carbocycles. The van der Waals surface area contributed by atoms with E-state index in [9.17, 15) is 9.18 Å². The topological polar surface area (TPSA) is 44.8 Å². The summed E-state index contributed by atoms with van der Waals surface area (Å²) < 4.78 is 18.7. The van der Waals surface area contributed by atoms with Crippen molar-refractivity contribution in [2.45, 2.75) is 39.4 Å². The van der Waals surface area contributed by atoms with Crippen LogP contribution in [0.5, 0.6) is 5.75 Å². The minimum Gasteiger partial charge on any atom is -0.494 e. The second kappa shape index (κ2) is 8.44. The van der Waals surface area contributed by atoms with Crippen molar-refractivity contribution in [3.05, 3.63) is 29.6 Å². The number of carbonyl (C=O) groups excluding carboxylic acids is 1. The molecule has 1 N–H and O–H groups in total. The molecule has 0 spiro atoms. The van der Waals surface area contributed by atoms with Gasteiger partial charge >= 0.3 is 0 Å². The molecule has 2 rings (SSSR count). The zero-order valence-electron chi connectivity index (χ0n) is 15.0. The molecule has 0 unspecified atom stereocenters. The Morgan fingerprint density at radius 2 is 1.92 bits per heavy atom. The number of piperazine rings is 1. The first-order valence-corrected chi connectivity index (χ1v) is 8.50. The van der Waals surface area contributed by atoms with Crippen molar-refractivity contribution in [3.8, 4) is 5.75 Å². The zero-order valence-corrected chi connectivity index (χ0v) is 15.0. The van der Waals surface area contributed by atoms with Crippen LogP contribution in [0.25, 0.3) is 0 Å². The molecule has 1 heterocycles. The minimum absolute atomic E-state index is 0.0793. The van der Waals surface area contributed by atoms with E-state index in [0.717, 1.165) is 31.7 Å². The van der Waals surface area contributed by atoms with Crippen LogP contribution in [0, 0.1) is 5.82 Å². The van der Waals surface area contributed by atoms with Crippen molar-refractivity contribution in [2.75, 3.05) is 33.3 Å². The van der Waals surface area contributed by atoms with E-state index in [1.54, 1.807) is 6.07 Å². The summed E-state index contributed by atoms with van der Waals surface area (Å²) in [7, 11) is 1.47. The minimum atomic E-state index is -0.326. The Morgan fingerprint density at radius 1 is 1.25 bits per heavy atom. The second-order valence-corrected chi connectivity index (χ2v) is 6.62. The second-order valence-electron chi connectivity index (χ2n) is 6.62. The van der Waals surface area contributed by atoms with Crippen LogP contribution in [-0.4, -0.2) is 61.1 Å². The maximum atomic E-state index is 13.8. The van der Waals surface area contributed by atoms with Crippen molar-refractivity contribution in [1.82, 2.24) is 15.1 Å². The molecule has 0 saturated carbocycles. The molecule has 1 aliphatic heterocycles.